The summed E-state index contributed by atoms with van der Waals surface area (Å²) in [4.78, 5) is 10.5. The summed E-state index contributed by atoms with van der Waals surface area (Å²) in [5.74, 6) is 0.313. The molecule has 9 heteroatoms. The summed E-state index contributed by atoms with van der Waals surface area (Å²) < 4.78 is 47.2. The lowest BCUT2D eigenvalue weighted by atomic mass is 9.93. The molecule has 1 aliphatic rings. The number of piperidine rings is 1. The van der Waals surface area contributed by atoms with Crippen LogP contribution in [0.4, 0.5) is 13.2 Å². The Balaban J connectivity index is 1.55. The van der Waals surface area contributed by atoms with Crippen LogP contribution in [0.25, 0.3) is 5.78 Å². The van der Waals surface area contributed by atoms with Crippen LogP contribution < -0.4 is 4.74 Å². The van der Waals surface area contributed by atoms with E-state index in [1.165, 1.54) is 25.6 Å². The summed E-state index contributed by atoms with van der Waals surface area (Å²) in [6.45, 7) is 1.88. The fourth-order valence-corrected chi connectivity index (χ4v) is 3.68. The molecular formula is C19H20F3N5O. The van der Waals surface area contributed by atoms with E-state index in [9.17, 15) is 13.2 Å². The van der Waals surface area contributed by atoms with Gasteiger partial charge in [-0.05, 0) is 31.5 Å². The number of benzene rings is 1. The van der Waals surface area contributed by atoms with Gasteiger partial charge in [-0.3, -0.25) is 4.90 Å². The molecule has 0 radical (unpaired) electrons. The first-order valence-electron chi connectivity index (χ1n) is 9.08. The van der Waals surface area contributed by atoms with Gasteiger partial charge in [0.2, 0.25) is 0 Å². The van der Waals surface area contributed by atoms with Crippen molar-refractivity contribution >= 4 is 5.78 Å². The normalized spacial score (nSPS) is 18.1. The Labute approximate surface area is 160 Å². The Kier molecular flexibility index (Phi) is 5.17. The van der Waals surface area contributed by atoms with E-state index in [0.717, 1.165) is 23.9 Å². The molecule has 0 unspecified atom stereocenters. The van der Waals surface area contributed by atoms with E-state index in [2.05, 4.69) is 20.0 Å². The quantitative estimate of drug-likeness (QED) is 0.665. The summed E-state index contributed by atoms with van der Waals surface area (Å²) in [7, 11) is 1.50. The number of ether oxygens (including phenoxy) is 1. The minimum atomic E-state index is -2.67. The van der Waals surface area contributed by atoms with Gasteiger partial charge in [0, 0.05) is 30.6 Å². The van der Waals surface area contributed by atoms with E-state index < -0.39 is 6.43 Å². The van der Waals surface area contributed by atoms with Crippen molar-refractivity contribution < 1.29 is 17.9 Å². The predicted octanol–water partition coefficient (Wildman–Crippen LogP) is 3.59. The van der Waals surface area contributed by atoms with Crippen molar-refractivity contribution in [1.82, 2.24) is 24.5 Å². The molecule has 4 rings (SSSR count). The highest BCUT2D eigenvalue weighted by molar-refractivity contribution is 5.33. The molecule has 1 saturated heterocycles. The van der Waals surface area contributed by atoms with Crippen molar-refractivity contribution in [2.75, 3.05) is 20.2 Å². The topological polar surface area (TPSA) is 55.6 Å². The van der Waals surface area contributed by atoms with Crippen LogP contribution in [-0.4, -0.2) is 44.7 Å². The maximum absolute atomic E-state index is 14.3. The van der Waals surface area contributed by atoms with Gasteiger partial charge in [0.1, 0.15) is 23.6 Å². The van der Waals surface area contributed by atoms with E-state index in [4.69, 9.17) is 4.74 Å². The van der Waals surface area contributed by atoms with Gasteiger partial charge >= 0.3 is 0 Å². The number of likely N-dealkylation sites (tertiary alicyclic amines) is 1. The fourth-order valence-electron chi connectivity index (χ4n) is 3.68. The lowest BCUT2D eigenvalue weighted by Gasteiger charge is -2.32. The van der Waals surface area contributed by atoms with Crippen molar-refractivity contribution in [2.24, 2.45) is 0 Å². The summed E-state index contributed by atoms with van der Waals surface area (Å²) in [6.07, 6.45) is 0.268. The van der Waals surface area contributed by atoms with Gasteiger partial charge in [-0.15, -0.1) is 0 Å². The molecule has 2 aromatic heterocycles. The molecule has 6 nitrogen and oxygen atoms in total. The first-order valence-corrected chi connectivity index (χ1v) is 9.08. The largest absolute Gasteiger partial charge is 0.497 e. The molecule has 0 bridgehead atoms. The summed E-state index contributed by atoms with van der Waals surface area (Å²) in [5, 5.41) is 3.82. The van der Waals surface area contributed by atoms with Gasteiger partial charge in [-0.1, -0.05) is 6.07 Å². The SMILES string of the molecule is COc1ccc(CN2CCC[C@@H](c3cc(C(F)F)n4ncnc4n3)C2)c(F)c1. The minimum Gasteiger partial charge on any atom is -0.497 e. The summed E-state index contributed by atoms with van der Waals surface area (Å²) in [5.41, 5.74) is 0.946. The van der Waals surface area contributed by atoms with Crippen molar-refractivity contribution in [2.45, 2.75) is 31.7 Å². The Morgan fingerprint density at radius 3 is 2.89 bits per heavy atom. The second-order valence-corrected chi connectivity index (χ2v) is 6.91. The number of fused-ring (bicyclic) bond motifs is 1. The number of hydrogen-bond acceptors (Lipinski definition) is 5. The van der Waals surface area contributed by atoms with Crippen LogP contribution >= 0.6 is 0 Å². The van der Waals surface area contributed by atoms with Crippen LogP contribution in [0.3, 0.4) is 0 Å². The molecule has 1 atom stereocenters. The van der Waals surface area contributed by atoms with E-state index >= 15 is 0 Å². The van der Waals surface area contributed by atoms with Crippen LogP contribution in [0.1, 0.15) is 42.1 Å². The highest BCUT2D eigenvalue weighted by Crippen LogP contribution is 2.30. The Morgan fingerprint density at radius 2 is 2.14 bits per heavy atom. The molecule has 1 aliphatic heterocycles. The molecule has 0 N–H and O–H groups in total. The predicted molar refractivity (Wildman–Crippen MR) is 95.9 cm³/mol. The summed E-state index contributed by atoms with van der Waals surface area (Å²) in [6, 6.07) is 6.23. The molecule has 1 fully saturated rings. The first kappa shape index (κ1) is 18.7. The minimum absolute atomic E-state index is 0.0192. The number of hydrogen-bond donors (Lipinski definition) is 0. The third-order valence-corrected chi connectivity index (χ3v) is 5.10. The Bertz CT molecular complexity index is 977. The maximum Gasteiger partial charge on any atom is 0.280 e. The number of methoxy groups -OCH3 is 1. The molecular weight excluding hydrogens is 371 g/mol. The van der Waals surface area contributed by atoms with Crippen LogP contribution in [0.2, 0.25) is 0 Å². The zero-order valence-corrected chi connectivity index (χ0v) is 15.4. The maximum atomic E-state index is 14.3. The number of aromatic nitrogens is 4. The van der Waals surface area contributed by atoms with Gasteiger partial charge in [0.15, 0.2) is 0 Å². The Hall–Kier alpha value is -2.68. The highest BCUT2D eigenvalue weighted by Gasteiger charge is 2.26. The van der Waals surface area contributed by atoms with E-state index in [0.29, 0.717) is 30.1 Å². The van der Waals surface area contributed by atoms with Gasteiger partial charge in [0.05, 0.1) is 12.8 Å². The van der Waals surface area contributed by atoms with E-state index in [1.807, 2.05) is 0 Å². The van der Waals surface area contributed by atoms with E-state index in [-0.39, 0.29) is 23.2 Å². The average Bonchev–Trinajstić information content (AvgIpc) is 3.17. The zero-order chi connectivity index (χ0) is 19.7. The van der Waals surface area contributed by atoms with Crippen molar-refractivity contribution in [1.29, 1.82) is 0 Å². The van der Waals surface area contributed by atoms with Crippen molar-refractivity contribution in [3.05, 3.63) is 53.4 Å². The first-order chi connectivity index (χ1) is 13.5. The van der Waals surface area contributed by atoms with Gasteiger partial charge in [-0.2, -0.15) is 14.6 Å². The van der Waals surface area contributed by atoms with Crippen molar-refractivity contribution in [3.63, 3.8) is 0 Å². The van der Waals surface area contributed by atoms with Crippen molar-refractivity contribution in [3.8, 4) is 5.75 Å². The van der Waals surface area contributed by atoms with Crippen LogP contribution in [0.15, 0.2) is 30.6 Å². The second-order valence-electron chi connectivity index (χ2n) is 6.91. The number of alkyl halides is 2. The van der Waals surface area contributed by atoms with Crippen LogP contribution in [0, 0.1) is 5.82 Å². The van der Waals surface area contributed by atoms with E-state index in [1.54, 1.807) is 12.1 Å². The number of rotatable bonds is 5. The molecule has 3 heterocycles. The molecule has 148 valence electrons. The monoisotopic (exact) mass is 391 g/mol. The molecule has 3 aromatic rings. The van der Waals surface area contributed by atoms with Crippen LogP contribution in [-0.2, 0) is 6.54 Å². The molecule has 0 amide bonds. The highest BCUT2D eigenvalue weighted by atomic mass is 19.3. The van der Waals surface area contributed by atoms with Gasteiger partial charge in [-0.25, -0.2) is 18.2 Å². The number of halogens is 3. The smallest absolute Gasteiger partial charge is 0.280 e. The van der Waals surface area contributed by atoms with Gasteiger partial charge in [0.25, 0.3) is 12.2 Å². The molecule has 0 saturated carbocycles. The van der Waals surface area contributed by atoms with Gasteiger partial charge < -0.3 is 4.74 Å². The lowest BCUT2D eigenvalue weighted by Crippen LogP contribution is -2.34. The third-order valence-electron chi connectivity index (χ3n) is 5.10. The van der Waals surface area contributed by atoms with Crippen LogP contribution in [0.5, 0.6) is 5.75 Å². The standard InChI is InChI=1S/C19H20F3N5O/c1-28-14-5-4-12(15(20)7-14)9-26-6-2-3-13(10-26)16-8-17(18(21)22)27-19(25-16)23-11-24-27/h4-5,7-8,11,13,18H,2-3,6,9-10H2,1H3/t13-/m1/s1. The lowest BCUT2D eigenvalue weighted by molar-refractivity contribution is 0.142. The third kappa shape index (κ3) is 3.66. The molecule has 28 heavy (non-hydrogen) atoms. The molecule has 0 spiro atoms. The second kappa shape index (κ2) is 7.75. The zero-order valence-electron chi connectivity index (χ0n) is 15.4. The fraction of sp³-hybridized carbons (Fsp3) is 0.421. The molecule has 1 aromatic carbocycles. The summed E-state index contributed by atoms with van der Waals surface area (Å²) >= 11 is 0. The number of nitrogens with zero attached hydrogens (tertiary/aromatic N) is 5. The molecule has 0 aliphatic carbocycles. The average molecular weight is 391 g/mol. The Morgan fingerprint density at radius 1 is 1.29 bits per heavy atom.